The first kappa shape index (κ1) is 10.7. The maximum atomic E-state index is 12.8. The number of rotatable bonds is 1. The van der Waals surface area contributed by atoms with Crippen molar-refractivity contribution in [1.29, 1.82) is 0 Å². The van der Waals surface area contributed by atoms with Crippen LogP contribution in [0.25, 0.3) is 0 Å². The predicted octanol–water partition coefficient (Wildman–Crippen LogP) is 2.79. The van der Waals surface area contributed by atoms with Gasteiger partial charge in [0.25, 0.3) is 0 Å². The Morgan fingerprint density at radius 2 is 1.77 bits per heavy atom. The van der Waals surface area contributed by atoms with Crippen molar-refractivity contribution in [2.75, 3.05) is 0 Å². The molecule has 2 nitrogen and oxygen atoms in total. The van der Waals surface area contributed by atoms with E-state index in [9.17, 15) is 16.7 Å². The van der Waals surface area contributed by atoms with Crippen molar-refractivity contribution in [1.82, 2.24) is 0 Å². The van der Waals surface area contributed by atoms with Gasteiger partial charge in [-0.25, -0.2) is 4.39 Å². The van der Waals surface area contributed by atoms with Gasteiger partial charge in [0.05, 0.1) is 10.0 Å². The van der Waals surface area contributed by atoms with Crippen molar-refractivity contribution in [3.8, 4) is 0 Å². The van der Waals surface area contributed by atoms with E-state index in [4.69, 9.17) is 23.2 Å². The molecule has 7 heteroatoms. The van der Waals surface area contributed by atoms with E-state index in [1.807, 2.05) is 0 Å². The van der Waals surface area contributed by atoms with Crippen LogP contribution in [0.1, 0.15) is 0 Å². The van der Waals surface area contributed by atoms with Gasteiger partial charge >= 0.3 is 10.2 Å². The molecule has 0 spiro atoms. The largest absolute Gasteiger partial charge is 0.333 e. The molecule has 0 saturated carbocycles. The molecule has 0 fully saturated rings. The second-order valence-corrected chi connectivity index (χ2v) is 4.21. The van der Waals surface area contributed by atoms with Gasteiger partial charge in [0, 0.05) is 0 Å². The lowest BCUT2D eigenvalue weighted by Crippen LogP contribution is -1.95. The summed E-state index contributed by atoms with van der Waals surface area (Å²) >= 11 is 10.5. The van der Waals surface area contributed by atoms with Crippen molar-refractivity contribution in [2.45, 2.75) is 4.90 Å². The van der Waals surface area contributed by atoms with Gasteiger partial charge < -0.3 is 0 Å². The summed E-state index contributed by atoms with van der Waals surface area (Å²) in [4.78, 5) is -0.920. The van der Waals surface area contributed by atoms with Crippen molar-refractivity contribution in [3.05, 3.63) is 28.0 Å². The van der Waals surface area contributed by atoms with Crippen LogP contribution in [0.5, 0.6) is 0 Å². The molecule has 0 saturated heterocycles. The summed E-state index contributed by atoms with van der Waals surface area (Å²) in [5, 5.41) is -1.20. The van der Waals surface area contributed by atoms with Gasteiger partial charge in [-0.2, -0.15) is 8.42 Å². The fourth-order valence-corrected chi connectivity index (χ4v) is 1.88. The lowest BCUT2D eigenvalue weighted by Gasteiger charge is -2.00. The van der Waals surface area contributed by atoms with Gasteiger partial charge in [-0.15, -0.1) is 3.89 Å². The SMILES string of the molecule is O=S(=O)(F)c1ccc(Cl)c(F)c1Cl. The maximum Gasteiger partial charge on any atom is 0.333 e. The van der Waals surface area contributed by atoms with E-state index in [1.165, 1.54) is 0 Å². The average Bonchev–Trinajstić information content (AvgIpc) is 1.98. The zero-order chi connectivity index (χ0) is 10.2. The van der Waals surface area contributed by atoms with Crippen LogP contribution in [0.2, 0.25) is 10.0 Å². The van der Waals surface area contributed by atoms with Crippen LogP contribution >= 0.6 is 23.2 Å². The van der Waals surface area contributed by atoms with Gasteiger partial charge in [-0.3, -0.25) is 0 Å². The Bertz CT molecular complexity index is 444. The van der Waals surface area contributed by atoms with Crippen LogP contribution < -0.4 is 0 Å². The molecular formula is C6H2Cl2F2O2S. The van der Waals surface area contributed by atoms with E-state index in [-0.39, 0.29) is 5.02 Å². The van der Waals surface area contributed by atoms with Crippen LogP contribution in [0, 0.1) is 5.82 Å². The normalized spacial score (nSPS) is 11.7. The highest BCUT2D eigenvalue weighted by atomic mass is 35.5. The molecular weight excluding hydrogens is 245 g/mol. The molecule has 72 valence electrons. The van der Waals surface area contributed by atoms with Crippen molar-refractivity contribution in [3.63, 3.8) is 0 Å². The summed E-state index contributed by atoms with van der Waals surface area (Å²) in [6.45, 7) is 0. The highest BCUT2D eigenvalue weighted by molar-refractivity contribution is 7.86. The minimum Gasteiger partial charge on any atom is -0.204 e. The molecule has 0 amide bonds. The first-order chi connectivity index (χ1) is 5.84. The van der Waals surface area contributed by atoms with Gasteiger partial charge in [-0.05, 0) is 12.1 Å². The van der Waals surface area contributed by atoms with Crippen molar-refractivity contribution in [2.24, 2.45) is 0 Å². The third-order valence-corrected chi connectivity index (χ3v) is 2.90. The molecule has 1 aromatic rings. The Morgan fingerprint density at radius 1 is 1.23 bits per heavy atom. The standard InChI is InChI=1S/C6H2Cl2F2O2S/c7-3-1-2-4(13(10,11)12)5(8)6(3)9/h1-2H. The highest BCUT2D eigenvalue weighted by Gasteiger charge is 2.20. The van der Waals surface area contributed by atoms with Gasteiger partial charge in [0.2, 0.25) is 0 Å². The summed E-state index contributed by atoms with van der Waals surface area (Å²) in [7, 11) is -5.00. The quantitative estimate of drug-likeness (QED) is 0.564. The van der Waals surface area contributed by atoms with Gasteiger partial charge in [0.1, 0.15) is 4.90 Å². The summed E-state index contributed by atoms with van der Waals surface area (Å²) in [5.74, 6) is -1.15. The smallest absolute Gasteiger partial charge is 0.204 e. The van der Waals surface area contributed by atoms with Crippen LogP contribution in [-0.2, 0) is 10.2 Å². The summed E-state index contributed by atoms with van der Waals surface area (Å²) in [5.41, 5.74) is 0. The fourth-order valence-electron chi connectivity index (χ4n) is 0.696. The Hall–Kier alpha value is -0.390. The van der Waals surface area contributed by atoms with Crippen LogP contribution in [0.15, 0.2) is 17.0 Å². The molecule has 0 aliphatic carbocycles. The third-order valence-electron chi connectivity index (χ3n) is 1.26. The van der Waals surface area contributed by atoms with Crippen LogP contribution in [0.4, 0.5) is 8.28 Å². The summed E-state index contributed by atoms with van der Waals surface area (Å²) < 4.78 is 45.9. The van der Waals surface area contributed by atoms with Crippen LogP contribution in [0.3, 0.4) is 0 Å². The Morgan fingerprint density at radius 3 is 2.23 bits per heavy atom. The fraction of sp³-hybridized carbons (Fsp3) is 0. The molecule has 0 atom stereocenters. The molecule has 13 heavy (non-hydrogen) atoms. The molecule has 0 N–H and O–H groups in total. The molecule has 0 bridgehead atoms. The Labute approximate surface area is 83.3 Å². The van der Waals surface area contributed by atoms with E-state index in [2.05, 4.69) is 0 Å². The van der Waals surface area contributed by atoms with Gasteiger partial charge in [-0.1, -0.05) is 23.2 Å². The van der Waals surface area contributed by atoms with Crippen molar-refractivity contribution < 1.29 is 16.7 Å². The first-order valence-electron chi connectivity index (χ1n) is 2.92. The van der Waals surface area contributed by atoms with Crippen molar-refractivity contribution >= 4 is 33.4 Å². The van der Waals surface area contributed by atoms with Gasteiger partial charge in [0.15, 0.2) is 5.82 Å². The topological polar surface area (TPSA) is 34.1 Å². The second kappa shape index (κ2) is 3.40. The monoisotopic (exact) mass is 246 g/mol. The minimum atomic E-state index is -5.00. The Kier molecular flexibility index (Phi) is 2.79. The third kappa shape index (κ3) is 2.10. The molecule has 0 unspecified atom stereocenters. The zero-order valence-electron chi connectivity index (χ0n) is 5.89. The average molecular weight is 247 g/mol. The summed E-state index contributed by atoms with van der Waals surface area (Å²) in [6.07, 6.45) is 0. The number of halogens is 4. The molecule has 1 aromatic carbocycles. The molecule has 0 aliphatic rings. The van der Waals surface area contributed by atoms with Crippen LogP contribution in [-0.4, -0.2) is 8.42 Å². The predicted molar refractivity (Wildman–Crippen MR) is 44.7 cm³/mol. The molecule has 0 aromatic heterocycles. The molecule has 1 rings (SSSR count). The van der Waals surface area contributed by atoms with E-state index < -0.39 is 26.0 Å². The zero-order valence-corrected chi connectivity index (χ0v) is 8.22. The van der Waals surface area contributed by atoms with E-state index in [0.717, 1.165) is 12.1 Å². The second-order valence-electron chi connectivity index (χ2n) is 2.11. The molecule has 0 heterocycles. The maximum absolute atomic E-state index is 12.8. The van der Waals surface area contributed by atoms with E-state index in [1.54, 1.807) is 0 Å². The minimum absolute atomic E-state index is 0.364. The first-order valence-corrected chi connectivity index (χ1v) is 5.06. The Balaban J connectivity index is 3.53. The lowest BCUT2D eigenvalue weighted by atomic mass is 10.3. The molecule has 0 aliphatic heterocycles. The summed E-state index contributed by atoms with van der Waals surface area (Å²) in [6, 6.07) is 1.71. The number of benzene rings is 1. The van der Waals surface area contributed by atoms with E-state index >= 15 is 0 Å². The lowest BCUT2D eigenvalue weighted by molar-refractivity contribution is 0.549. The highest BCUT2D eigenvalue weighted by Crippen LogP contribution is 2.30. The van der Waals surface area contributed by atoms with E-state index in [0.29, 0.717) is 0 Å². The number of hydrogen-bond acceptors (Lipinski definition) is 2. The molecule has 0 radical (unpaired) electrons. The number of hydrogen-bond donors (Lipinski definition) is 0.